The van der Waals surface area contributed by atoms with Crippen LogP contribution in [0.15, 0.2) is 6.07 Å². The van der Waals surface area contributed by atoms with E-state index in [4.69, 9.17) is 4.74 Å². The van der Waals surface area contributed by atoms with Gasteiger partial charge in [0, 0.05) is 25.0 Å². The van der Waals surface area contributed by atoms with Gasteiger partial charge in [0.1, 0.15) is 0 Å². The maximum atomic E-state index is 5.48. The minimum atomic E-state index is 0.223. The first-order chi connectivity index (χ1) is 8.19. The van der Waals surface area contributed by atoms with Crippen molar-refractivity contribution < 1.29 is 4.74 Å². The quantitative estimate of drug-likeness (QED) is 0.816. The number of piperidine rings is 1. The Balaban J connectivity index is 2.08. The Bertz CT molecular complexity index is 363. The predicted octanol–water partition coefficient (Wildman–Crippen LogP) is 0.882. The summed E-state index contributed by atoms with van der Waals surface area (Å²) < 4.78 is 5.48. The van der Waals surface area contributed by atoms with Crippen molar-refractivity contribution in [3.05, 3.63) is 17.5 Å². The summed E-state index contributed by atoms with van der Waals surface area (Å²) in [6.45, 7) is 5.85. The third kappa shape index (κ3) is 3.14. The highest BCUT2D eigenvalue weighted by Crippen LogP contribution is 2.12. The van der Waals surface area contributed by atoms with Crippen molar-refractivity contribution in [1.29, 1.82) is 0 Å². The Kier molecular flexibility index (Phi) is 3.91. The summed E-state index contributed by atoms with van der Waals surface area (Å²) in [6, 6.07) is 2.20. The molecule has 0 unspecified atom stereocenters. The molecular formula is C12H20N4O. The van der Waals surface area contributed by atoms with Gasteiger partial charge in [0.25, 0.3) is 0 Å². The maximum absolute atomic E-state index is 5.48. The number of rotatable bonds is 3. The van der Waals surface area contributed by atoms with E-state index in [0.717, 1.165) is 30.9 Å². The lowest BCUT2D eigenvalue weighted by molar-refractivity contribution is 0.0662. The van der Waals surface area contributed by atoms with Crippen molar-refractivity contribution in [2.75, 3.05) is 25.5 Å². The number of ether oxygens (including phenoxy) is 1. The highest BCUT2D eigenvalue weighted by atomic mass is 16.5. The zero-order valence-electron chi connectivity index (χ0n) is 10.7. The Hall–Kier alpha value is -1.20. The topological polar surface area (TPSA) is 59.1 Å². The molecule has 0 aromatic carbocycles. The highest BCUT2D eigenvalue weighted by molar-refractivity contribution is 5.30. The molecule has 0 amide bonds. The van der Waals surface area contributed by atoms with Gasteiger partial charge in [-0.1, -0.05) is 0 Å². The monoisotopic (exact) mass is 236 g/mol. The molecule has 2 rings (SSSR count). The van der Waals surface area contributed by atoms with E-state index < -0.39 is 0 Å². The molecule has 2 atom stereocenters. The van der Waals surface area contributed by atoms with Gasteiger partial charge in [0.2, 0.25) is 5.95 Å². The second-order valence-electron chi connectivity index (χ2n) is 4.49. The Morgan fingerprint density at radius 1 is 1.35 bits per heavy atom. The lowest BCUT2D eigenvalue weighted by Crippen LogP contribution is -2.49. The molecule has 2 N–H and O–H groups in total. The fourth-order valence-electron chi connectivity index (χ4n) is 2.22. The number of nitrogens with one attached hydrogen (secondary N) is 2. The summed E-state index contributed by atoms with van der Waals surface area (Å²) in [5.74, 6) is 0.693. The van der Waals surface area contributed by atoms with Gasteiger partial charge in [-0.15, -0.1) is 0 Å². The van der Waals surface area contributed by atoms with Crippen LogP contribution in [-0.2, 0) is 4.74 Å². The summed E-state index contributed by atoms with van der Waals surface area (Å²) in [6.07, 6.45) is 1.24. The third-order valence-corrected chi connectivity index (χ3v) is 3.02. The summed E-state index contributed by atoms with van der Waals surface area (Å²) >= 11 is 0. The smallest absolute Gasteiger partial charge is 0.223 e. The molecule has 0 bridgehead atoms. The van der Waals surface area contributed by atoms with Crippen molar-refractivity contribution in [3.8, 4) is 0 Å². The molecule has 1 aliphatic heterocycles. The van der Waals surface area contributed by atoms with Gasteiger partial charge in [0.15, 0.2) is 0 Å². The number of methoxy groups -OCH3 is 1. The second-order valence-corrected chi connectivity index (χ2v) is 4.49. The molecule has 2 heterocycles. The van der Waals surface area contributed by atoms with Gasteiger partial charge in [-0.05, 0) is 32.9 Å². The van der Waals surface area contributed by atoms with Crippen LogP contribution in [0.4, 0.5) is 5.95 Å². The molecule has 1 saturated heterocycles. The van der Waals surface area contributed by atoms with Crippen LogP contribution in [0.25, 0.3) is 0 Å². The molecular weight excluding hydrogens is 216 g/mol. The van der Waals surface area contributed by atoms with Crippen LogP contribution >= 0.6 is 0 Å². The molecule has 0 saturated carbocycles. The van der Waals surface area contributed by atoms with Crippen molar-refractivity contribution >= 4 is 5.95 Å². The van der Waals surface area contributed by atoms with E-state index in [1.165, 1.54) is 0 Å². The predicted molar refractivity (Wildman–Crippen MR) is 67.2 cm³/mol. The van der Waals surface area contributed by atoms with E-state index in [2.05, 4.69) is 20.6 Å². The zero-order chi connectivity index (χ0) is 12.3. The number of nitrogens with zero attached hydrogens (tertiary/aromatic N) is 2. The summed E-state index contributed by atoms with van der Waals surface area (Å²) in [5, 5.41) is 6.70. The summed E-state index contributed by atoms with van der Waals surface area (Å²) in [4.78, 5) is 8.78. The van der Waals surface area contributed by atoms with E-state index in [0.29, 0.717) is 5.95 Å². The van der Waals surface area contributed by atoms with Crippen LogP contribution in [0, 0.1) is 13.8 Å². The molecule has 0 radical (unpaired) electrons. The van der Waals surface area contributed by atoms with Gasteiger partial charge in [-0.25, -0.2) is 9.97 Å². The summed E-state index contributed by atoms with van der Waals surface area (Å²) in [5.41, 5.74) is 1.97. The van der Waals surface area contributed by atoms with Crippen LogP contribution in [0.2, 0.25) is 0 Å². The van der Waals surface area contributed by atoms with Gasteiger partial charge in [-0.3, -0.25) is 0 Å². The average molecular weight is 236 g/mol. The van der Waals surface area contributed by atoms with Gasteiger partial charge in [-0.2, -0.15) is 0 Å². The minimum Gasteiger partial charge on any atom is -0.379 e. The lowest BCUT2D eigenvalue weighted by Gasteiger charge is -2.31. The highest BCUT2D eigenvalue weighted by Gasteiger charge is 2.25. The molecule has 1 fully saturated rings. The lowest BCUT2D eigenvalue weighted by atomic mass is 10.0. The van der Waals surface area contributed by atoms with Crippen molar-refractivity contribution in [1.82, 2.24) is 15.3 Å². The largest absolute Gasteiger partial charge is 0.379 e. The number of anilines is 1. The number of aromatic nitrogens is 2. The molecule has 94 valence electrons. The normalized spacial score (nSPS) is 24.6. The Labute approximate surface area is 102 Å². The van der Waals surface area contributed by atoms with Crippen LogP contribution in [-0.4, -0.2) is 42.3 Å². The van der Waals surface area contributed by atoms with E-state index in [1.54, 1.807) is 7.11 Å². The molecule has 5 nitrogen and oxygen atoms in total. The van der Waals surface area contributed by atoms with Crippen LogP contribution in [0.3, 0.4) is 0 Å². The van der Waals surface area contributed by atoms with Crippen molar-refractivity contribution in [3.63, 3.8) is 0 Å². The number of hydrogen-bond acceptors (Lipinski definition) is 5. The Morgan fingerprint density at radius 3 is 2.71 bits per heavy atom. The molecule has 0 spiro atoms. The first kappa shape index (κ1) is 12.3. The fraction of sp³-hybridized carbons (Fsp3) is 0.667. The first-order valence-corrected chi connectivity index (χ1v) is 6.01. The van der Waals surface area contributed by atoms with E-state index in [1.807, 2.05) is 19.9 Å². The maximum Gasteiger partial charge on any atom is 0.223 e. The molecule has 1 aromatic rings. The van der Waals surface area contributed by atoms with E-state index in [-0.39, 0.29) is 12.1 Å². The van der Waals surface area contributed by atoms with Gasteiger partial charge >= 0.3 is 0 Å². The van der Waals surface area contributed by atoms with Crippen LogP contribution < -0.4 is 10.6 Å². The molecule has 0 aliphatic carbocycles. The Morgan fingerprint density at radius 2 is 2.06 bits per heavy atom. The molecule has 1 aromatic heterocycles. The average Bonchev–Trinajstić information content (AvgIpc) is 2.28. The van der Waals surface area contributed by atoms with Gasteiger partial charge < -0.3 is 15.4 Å². The summed E-state index contributed by atoms with van der Waals surface area (Å²) in [7, 11) is 1.76. The van der Waals surface area contributed by atoms with Crippen molar-refractivity contribution in [2.45, 2.75) is 32.4 Å². The molecule has 5 heteroatoms. The first-order valence-electron chi connectivity index (χ1n) is 6.01. The number of aryl methyl sites for hydroxylation is 2. The third-order valence-electron chi connectivity index (χ3n) is 3.02. The SMILES string of the molecule is CO[C@@H]1CCNC[C@@H]1Nc1nc(C)cc(C)n1. The fourth-order valence-corrected chi connectivity index (χ4v) is 2.22. The van der Waals surface area contributed by atoms with E-state index >= 15 is 0 Å². The molecule has 17 heavy (non-hydrogen) atoms. The second kappa shape index (κ2) is 5.42. The standard InChI is InChI=1S/C12H20N4O/c1-8-6-9(2)15-12(14-8)16-10-7-13-5-4-11(10)17-3/h6,10-11,13H,4-5,7H2,1-3H3,(H,14,15,16)/t10-,11+/m0/s1. The van der Waals surface area contributed by atoms with Gasteiger partial charge in [0.05, 0.1) is 12.1 Å². The van der Waals surface area contributed by atoms with Crippen LogP contribution in [0.5, 0.6) is 0 Å². The molecule has 1 aliphatic rings. The van der Waals surface area contributed by atoms with E-state index in [9.17, 15) is 0 Å². The zero-order valence-corrected chi connectivity index (χ0v) is 10.7. The van der Waals surface area contributed by atoms with Crippen molar-refractivity contribution in [2.24, 2.45) is 0 Å². The van der Waals surface area contributed by atoms with Crippen LogP contribution in [0.1, 0.15) is 17.8 Å². The minimum absolute atomic E-state index is 0.223. The number of hydrogen-bond donors (Lipinski definition) is 2.